The van der Waals surface area contributed by atoms with Gasteiger partial charge >= 0.3 is 0 Å². The fraction of sp³-hybridized carbons (Fsp3) is 0.304. The van der Waals surface area contributed by atoms with Crippen LogP contribution < -0.4 is 4.74 Å². The maximum atomic E-state index is 12.9. The highest BCUT2D eigenvalue weighted by atomic mass is 79.9. The monoisotopic (exact) mass is 473 g/mol. The molecule has 1 atom stereocenters. The van der Waals surface area contributed by atoms with Crippen LogP contribution in [0.5, 0.6) is 5.75 Å². The fourth-order valence-corrected chi connectivity index (χ4v) is 3.86. The van der Waals surface area contributed by atoms with Crippen LogP contribution in [0.25, 0.3) is 5.76 Å². The second-order valence-corrected chi connectivity index (χ2v) is 8.15. The third-order valence-electron chi connectivity index (χ3n) is 4.74. The van der Waals surface area contributed by atoms with Crippen LogP contribution in [-0.4, -0.2) is 48.1 Å². The normalized spacial score (nSPS) is 18.3. The minimum atomic E-state index is -0.712. The highest BCUT2D eigenvalue weighted by molar-refractivity contribution is 9.10. The zero-order chi connectivity index (χ0) is 21.8. The van der Waals surface area contributed by atoms with Crippen LogP contribution in [0, 0.1) is 0 Å². The Balaban J connectivity index is 2.08. The van der Waals surface area contributed by atoms with Crippen LogP contribution in [0.2, 0.25) is 0 Å². The molecule has 30 heavy (non-hydrogen) atoms. The second-order valence-electron chi connectivity index (χ2n) is 7.23. The maximum absolute atomic E-state index is 12.9. The average Bonchev–Trinajstić information content (AvgIpc) is 2.96. The zero-order valence-corrected chi connectivity index (χ0v) is 18.7. The first kappa shape index (κ1) is 22.1. The molecule has 0 bridgehead atoms. The molecule has 1 aliphatic heterocycles. The van der Waals surface area contributed by atoms with Crippen molar-refractivity contribution in [3.8, 4) is 5.75 Å². The molecule has 7 heteroatoms. The Morgan fingerprint density at radius 1 is 1.17 bits per heavy atom. The van der Waals surface area contributed by atoms with Gasteiger partial charge in [-0.05, 0) is 55.8 Å². The van der Waals surface area contributed by atoms with Crippen molar-refractivity contribution in [1.82, 2.24) is 4.90 Å². The first-order valence-electron chi connectivity index (χ1n) is 9.63. The molecule has 0 radical (unpaired) electrons. The lowest BCUT2D eigenvalue weighted by atomic mass is 9.95. The Bertz CT molecular complexity index is 968. The van der Waals surface area contributed by atoms with Crippen LogP contribution in [0.4, 0.5) is 0 Å². The summed E-state index contributed by atoms with van der Waals surface area (Å²) >= 11 is 3.44. The number of likely N-dealkylation sites (tertiary alicyclic amines) is 1. The van der Waals surface area contributed by atoms with Crippen molar-refractivity contribution in [3.63, 3.8) is 0 Å². The Hall–Kier alpha value is -2.64. The number of carbonyl (C=O) groups is 2. The van der Waals surface area contributed by atoms with E-state index in [4.69, 9.17) is 9.47 Å². The Kier molecular flexibility index (Phi) is 6.95. The van der Waals surface area contributed by atoms with E-state index in [0.717, 1.165) is 10.0 Å². The van der Waals surface area contributed by atoms with Gasteiger partial charge in [0.25, 0.3) is 11.7 Å². The van der Waals surface area contributed by atoms with Gasteiger partial charge in [0.05, 0.1) is 24.3 Å². The molecule has 1 saturated heterocycles. The number of nitrogens with zero attached hydrogens (tertiary/aromatic N) is 1. The highest BCUT2D eigenvalue weighted by Crippen LogP contribution is 2.40. The van der Waals surface area contributed by atoms with Gasteiger partial charge in [0.2, 0.25) is 0 Å². The van der Waals surface area contributed by atoms with E-state index >= 15 is 0 Å². The minimum Gasteiger partial charge on any atom is -0.507 e. The summed E-state index contributed by atoms with van der Waals surface area (Å²) in [5.74, 6) is -0.922. The third-order valence-corrected chi connectivity index (χ3v) is 5.23. The summed E-state index contributed by atoms with van der Waals surface area (Å²) in [6.45, 7) is 4.36. The Morgan fingerprint density at radius 3 is 2.47 bits per heavy atom. The zero-order valence-electron chi connectivity index (χ0n) is 17.1. The summed E-state index contributed by atoms with van der Waals surface area (Å²) in [5.41, 5.74) is 1.23. The number of carbonyl (C=O) groups excluding carboxylic acids is 2. The summed E-state index contributed by atoms with van der Waals surface area (Å²) in [5, 5.41) is 11.0. The number of aliphatic hydroxyl groups is 1. The second kappa shape index (κ2) is 9.45. The molecule has 2 aromatic carbocycles. The lowest BCUT2D eigenvalue weighted by molar-refractivity contribution is -0.140. The van der Waals surface area contributed by atoms with E-state index in [-0.39, 0.29) is 30.6 Å². The van der Waals surface area contributed by atoms with Crippen molar-refractivity contribution in [2.24, 2.45) is 0 Å². The Labute approximate surface area is 184 Å². The van der Waals surface area contributed by atoms with Gasteiger partial charge in [-0.3, -0.25) is 9.59 Å². The number of halogens is 1. The van der Waals surface area contributed by atoms with Crippen LogP contribution >= 0.6 is 15.9 Å². The van der Waals surface area contributed by atoms with E-state index in [1.165, 1.54) is 12.0 Å². The van der Waals surface area contributed by atoms with Crippen molar-refractivity contribution in [3.05, 3.63) is 69.7 Å². The van der Waals surface area contributed by atoms with Crippen molar-refractivity contribution in [1.29, 1.82) is 0 Å². The number of methoxy groups -OCH3 is 1. The van der Waals surface area contributed by atoms with E-state index in [2.05, 4.69) is 15.9 Å². The van der Waals surface area contributed by atoms with E-state index < -0.39 is 17.7 Å². The van der Waals surface area contributed by atoms with Gasteiger partial charge in [0, 0.05) is 23.7 Å². The number of Topliss-reactive ketones (excluding diaryl/α,β-unsaturated/α-hetero) is 1. The number of hydrogen-bond acceptors (Lipinski definition) is 5. The molecule has 1 heterocycles. The first-order valence-corrected chi connectivity index (χ1v) is 10.4. The molecule has 6 nitrogen and oxygen atoms in total. The molecule has 0 saturated carbocycles. The average molecular weight is 474 g/mol. The van der Waals surface area contributed by atoms with Gasteiger partial charge in [-0.25, -0.2) is 0 Å². The molecule has 3 rings (SSSR count). The largest absolute Gasteiger partial charge is 0.507 e. The Morgan fingerprint density at radius 2 is 1.87 bits per heavy atom. The SMILES string of the molecule is COCCN1C(=O)C(=O)/C(=C(\O)c2ccc(OC(C)C)cc2)C1c1cccc(Br)c1. The molecule has 1 unspecified atom stereocenters. The topological polar surface area (TPSA) is 76.1 Å². The van der Waals surface area contributed by atoms with E-state index in [9.17, 15) is 14.7 Å². The standard InChI is InChI=1S/C23H24BrNO5/c1-14(2)30-18-9-7-15(8-10-18)21(26)19-20(16-5-4-6-17(24)13-16)25(11-12-29-3)23(28)22(19)27/h4-10,13-14,20,26H,11-12H2,1-3H3/b21-19-. The maximum Gasteiger partial charge on any atom is 0.295 e. The molecule has 1 aliphatic rings. The van der Waals surface area contributed by atoms with Crippen LogP contribution in [0.15, 0.2) is 58.6 Å². The molecule has 1 fully saturated rings. The summed E-state index contributed by atoms with van der Waals surface area (Å²) < 4.78 is 11.6. The van der Waals surface area contributed by atoms with Gasteiger partial charge in [0.15, 0.2) is 0 Å². The molecule has 2 aromatic rings. The predicted octanol–water partition coefficient (Wildman–Crippen LogP) is 4.30. The molecule has 158 valence electrons. The van der Waals surface area contributed by atoms with Gasteiger partial charge < -0.3 is 19.5 Å². The summed E-state index contributed by atoms with van der Waals surface area (Å²) in [6.07, 6.45) is 0.0204. The van der Waals surface area contributed by atoms with E-state index in [1.807, 2.05) is 38.1 Å². The van der Waals surface area contributed by atoms with Crippen LogP contribution in [-0.2, 0) is 14.3 Å². The summed E-state index contributed by atoms with van der Waals surface area (Å²) in [4.78, 5) is 27.1. The number of ether oxygens (including phenoxy) is 2. The van der Waals surface area contributed by atoms with Crippen molar-refractivity contribution in [2.45, 2.75) is 26.0 Å². The third kappa shape index (κ3) is 4.57. The van der Waals surface area contributed by atoms with Crippen molar-refractivity contribution >= 4 is 33.4 Å². The smallest absolute Gasteiger partial charge is 0.295 e. The molecule has 1 N–H and O–H groups in total. The summed E-state index contributed by atoms with van der Waals surface area (Å²) in [7, 11) is 1.53. The van der Waals surface area contributed by atoms with Crippen molar-refractivity contribution in [2.75, 3.05) is 20.3 Å². The van der Waals surface area contributed by atoms with Gasteiger partial charge in [0.1, 0.15) is 11.5 Å². The molecule has 0 aliphatic carbocycles. The summed E-state index contributed by atoms with van der Waals surface area (Å²) in [6, 6.07) is 13.4. The molecule has 0 aromatic heterocycles. The first-order chi connectivity index (χ1) is 14.3. The minimum absolute atomic E-state index is 0.0204. The number of benzene rings is 2. The quantitative estimate of drug-likeness (QED) is 0.368. The van der Waals surface area contributed by atoms with Crippen LogP contribution in [0.1, 0.15) is 31.0 Å². The lowest BCUT2D eigenvalue weighted by Crippen LogP contribution is -2.32. The van der Waals surface area contributed by atoms with Crippen LogP contribution in [0.3, 0.4) is 0 Å². The van der Waals surface area contributed by atoms with E-state index in [0.29, 0.717) is 11.3 Å². The lowest BCUT2D eigenvalue weighted by Gasteiger charge is -2.25. The fourth-order valence-electron chi connectivity index (χ4n) is 3.44. The number of hydrogen-bond donors (Lipinski definition) is 1. The van der Waals surface area contributed by atoms with E-state index in [1.54, 1.807) is 24.3 Å². The molecule has 1 amide bonds. The molecule has 0 spiro atoms. The van der Waals surface area contributed by atoms with Gasteiger partial charge in [-0.2, -0.15) is 0 Å². The predicted molar refractivity (Wildman–Crippen MR) is 117 cm³/mol. The number of rotatable bonds is 7. The number of amides is 1. The number of aliphatic hydroxyl groups excluding tert-OH is 1. The van der Waals surface area contributed by atoms with Crippen molar-refractivity contribution < 1.29 is 24.2 Å². The number of ketones is 1. The molecular weight excluding hydrogens is 450 g/mol. The highest BCUT2D eigenvalue weighted by Gasteiger charge is 2.45. The van der Waals surface area contributed by atoms with Gasteiger partial charge in [-0.1, -0.05) is 28.1 Å². The van der Waals surface area contributed by atoms with Gasteiger partial charge in [-0.15, -0.1) is 0 Å². The molecular formula is C23H24BrNO5.